The molecule has 0 saturated carbocycles. The van der Waals surface area contributed by atoms with Crippen LogP contribution in [0.3, 0.4) is 0 Å². The van der Waals surface area contributed by atoms with Gasteiger partial charge in [0.25, 0.3) is 11.5 Å². The number of rotatable bonds is 8. The normalized spacial score (nSPS) is 15.2. The molecular weight excluding hydrogens is 667 g/mol. The number of benzene rings is 2. The molecule has 4 aromatic rings. The molecule has 1 amide bonds. The van der Waals surface area contributed by atoms with Gasteiger partial charge in [0.05, 0.1) is 59.5 Å². The van der Waals surface area contributed by atoms with Gasteiger partial charge < -0.3 is 33.7 Å². The van der Waals surface area contributed by atoms with Gasteiger partial charge in [0.2, 0.25) is 0 Å². The molecule has 10 nitrogen and oxygen atoms in total. The molecule has 2 aromatic heterocycles. The zero-order chi connectivity index (χ0) is 34.9. The van der Waals surface area contributed by atoms with Crippen LogP contribution in [-0.2, 0) is 16.1 Å². The number of pyridine rings is 2. The summed E-state index contributed by atoms with van der Waals surface area (Å²) < 4.78 is 24.1. The quantitative estimate of drug-likeness (QED) is 0.195. The van der Waals surface area contributed by atoms with Gasteiger partial charge in [0.1, 0.15) is 17.2 Å². The van der Waals surface area contributed by atoms with Gasteiger partial charge in [-0.2, -0.15) is 0 Å². The Morgan fingerprint density at radius 1 is 0.980 bits per heavy atom. The minimum absolute atomic E-state index is 0.182. The van der Waals surface area contributed by atoms with E-state index < -0.39 is 5.91 Å². The van der Waals surface area contributed by atoms with Crippen LogP contribution in [0.25, 0.3) is 33.3 Å². The van der Waals surface area contributed by atoms with Crippen LogP contribution in [0.1, 0.15) is 33.1 Å². The van der Waals surface area contributed by atoms with E-state index in [4.69, 9.17) is 47.1 Å². The van der Waals surface area contributed by atoms with E-state index in [1.54, 1.807) is 36.9 Å². The number of hydrogen-bond donors (Lipinski definition) is 1. The lowest BCUT2D eigenvalue weighted by Crippen LogP contribution is -2.33. The number of aryl methyl sites for hydroxylation is 1. The lowest BCUT2D eigenvalue weighted by molar-refractivity contribution is -0.111. The minimum atomic E-state index is -0.412. The lowest BCUT2D eigenvalue weighted by Gasteiger charge is -2.34. The maximum absolute atomic E-state index is 14.1. The molecule has 0 atom stereocenters. The second-order valence-electron chi connectivity index (χ2n) is 12.2. The topological polar surface area (TPSA) is 104 Å². The third-order valence-corrected chi connectivity index (χ3v) is 10.3. The van der Waals surface area contributed by atoms with Crippen molar-refractivity contribution in [2.45, 2.75) is 39.7 Å². The number of nitrogens with zero attached hydrogens (tertiary/aromatic N) is 3. The smallest absolute Gasteiger partial charge is 0.300 e. The highest BCUT2D eigenvalue weighted by molar-refractivity contribution is 6.41. The van der Waals surface area contributed by atoms with E-state index in [0.29, 0.717) is 57.2 Å². The lowest BCUT2D eigenvalue weighted by atomic mass is 9.80. The highest BCUT2D eigenvalue weighted by Crippen LogP contribution is 2.47. The van der Waals surface area contributed by atoms with Gasteiger partial charge in [-0.3, -0.25) is 14.6 Å². The average molecular weight is 706 g/mol. The Bertz CT molecular complexity index is 2030. The van der Waals surface area contributed by atoms with Crippen molar-refractivity contribution in [3.05, 3.63) is 56.9 Å². The number of carbonyl (C=O) groups excluding carboxylic acids is 1. The van der Waals surface area contributed by atoms with Crippen LogP contribution in [-0.4, -0.2) is 63.1 Å². The van der Waals surface area contributed by atoms with Crippen molar-refractivity contribution in [3.8, 4) is 51.5 Å². The van der Waals surface area contributed by atoms with Gasteiger partial charge in [0, 0.05) is 67.7 Å². The van der Waals surface area contributed by atoms with Crippen LogP contribution in [0, 0.1) is 17.3 Å². The number of anilines is 2. The highest BCUT2D eigenvalue weighted by Gasteiger charge is 2.40. The van der Waals surface area contributed by atoms with E-state index in [0.717, 1.165) is 51.3 Å². The molecule has 1 spiro atoms. The third-order valence-electron chi connectivity index (χ3n) is 9.55. The number of amides is 1. The van der Waals surface area contributed by atoms with Gasteiger partial charge in [-0.1, -0.05) is 29.1 Å². The molecule has 0 radical (unpaired) electrons. The molecule has 2 aliphatic rings. The predicted molar refractivity (Wildman–Crippen MR) is 194 cm³/mol. The molecule has 4 heterocycles. The monoisotopic (exact) mass is 704 g/mol. The molecule has 6 rings (SSSR count). The van der Waals surface area contributed by atoms with E-state index in [1.807, 2.05) is 25.1 Å². The fourth-order valence-corrected chi connectivity index (χ4v) is 7.66. The van der Waals surface area contributed by atoms with Crippen molar-refractivity contribution >= 4 is 51.4 Å². The predicted octanol–water partition coefficient (Wildman–Crippen LogP) is 7.05. The molecule has 1 N–H and O–H groups in total. The summed E-state index contributed by atoms with van der Waals surface area (Å²) in [5.74, 6) is 6.09. The molecule has 2 aromatic carbocycles. The first-order chi connectivity index (χ1) is 23.7. The number of hydrogen-bond acceptors (Lipinski definition) is 8. The first-order valence-electron chi connectivity index (χ1n) is 16.1. The summed E-state index contributed by atoms with van der Waals surface area (Å²) in [6.07, 6.45) is 4.76. The van der Waals surface area contributed by atoms with E-state index in [1.165, 1.54) is 14.2 Å². The first kappa shape index (κ1) is 34.4. The maximum Gasteiger partial charge on any atom is 0.300 e. The molecular formula is C37H38Cl2N4O6. The van der Waals surface area contributed by atoms with Gasteiger partial charge in [-0.25, -0.2) is 0 Å². The largest absolute Gasteiger partial charge is 0.496 e. The molecule has 2 saturated heterocycles. The first-order valence-corrected chi connectivity index (χ1v) is 16.9. The summed E-state index contributed by atoms with van der Waals surface area (Å²) in [6, 6.07) is 8.98. The average Bonchev–Trinajstić information content (AvgIpc) is 3.51. The molecule has 49 heavy (non-hydrogen) atoms. The molecule has 0 bridgehead atoms. The van der Waals surface area contributed by atoms with Crippen molar-refractivity contribution in [2.24, 2.45) is 5.41 Å². The zero-order valence-corrected chi connectivity index (χ0v) is 29.7. The number of carbonyl (C=O) groups is 1. The second kappa shape index (κ2) is 14.2. The summed E-state index contributed by atoms with van der Waals surface area (Å²) in [5.41, 5.74) is 3.81. The zero-order valence-electron chi connectivity index (χ0n) is 28.2. The number of methoxy groups -OCH3 is 3. The van der Waals surface area contributed by atoms with Gasteiger partial charge >= 0.3 is 0 Å². The Kier molecular flexibility index (Phi) is 9.98. The van der Waals surface area contributed by atoms with Crippen LogP contribution in [0.2, 0.25) is 10.0 Å². The van der Waals surface area contributed by atoms with Crippen molar-refractivity contribution in [1.82, 2.24) is 9.55 Å². The minimum Gasteiger partial charge on any atom is -0.496 e. The molecule has 2 fully saturated rings. The Morgan fingerprint density at radius 2 is 1.67 bits per heavy atom. The fourth-order valence-electron chi connectivity index (χ4n) is 6.95. The maximum atomic E-state index is 14.1. The van der Waals surface area contributed by atoms with Gasteiger partial charge in [-0.15, -0.1) is 0 Å². The second-order valence-corrected chi connectivity index (χ2v) is 13.0. The molecule has 2 aliphatic heterocycles. The number of aromatic nitrogens is 2. The number of nitrogens with one attached hydrogen (secondary N) is 1. The van der Waals surface area contributed by atoms with Crippen molar-refractivity contribution in [1.29, 1.82) is 0 Å². The van der Waals surface area contributed by atoms with Crippen molar-refractivity contribution in [2.75, 3.05) is 57.8 Å². The third kappa shape index (κ3) is 6.39. The summed E-state index contributed by atoms with van der Waals surface area (Å²) in [4.78, 5) is 34.0. The molecule has 0 unspecified atom stereocenters. The van der Waals surface area contributed by atoms with E-state index in [9.17, 15) is 9.59 Å². The molecule has 12 heteroatoms. The standard InChI is InChI=1S/C37H38Cl2N4O6/c1-6-8-32(44)41-26-16-23(29(46-3)18-28(26)42-12-9-37(21-42)10-13-49-14-11-37)25-17-27-22(20-40-25)15-24(36(45)43(27)7-2)33-34(38)30(47-4)19-31(48-5)35(33)39/h15-20H,7,9-14,21H2,1-5H3,(H,41,44). The Morgan fingerprint density at radius 3 is 2.31 bits per heavy atom. The van der Waals surface area contributed by atoms with Crippen LogP contribution in [0.5, 0.6) is 17.2 Å². The van der Waals surface area contributed by atoms with Crippen LogP contribution in [0.15, 0.2) is 41.3 Å². The molecule has 256 valence electrons. The summed E-state index contributed by atoms with van der Waals surface area (Å²) in [5, 5.41) is 4.09. The highest BCUT2D eigenvalue weighted by atomic mass is 35.5. The SMILES string of the molecule is CC#CC(=O)Nc1cc(-c2cc3c(cn2)cc(-c2c(Cl)c(OC)cc(OC)c2Cl)c(=O)n3CC)c(OC)cc1N1CCC2(CCOCC2)C1. The van der Waals surface area contributed by atoms with E-state index in [2.05, 4.69) is 22.1 Å². The Hall–Kier alpha value is -4.43. The van der Waals surface area contributed by atoms with Crippen molar-refractivity contribution < 1.29 is 23.7 Å². The fraction of sp³-hybridized carbons (Fsp3) is 0.378. The van der Waals surface area contributed by atoms with Crippen LogP contribution < -0.4 is 30.0 Å². The number of fused-ring (bicyclic) bond motifs is 1. The molecule has 0 aliphatic carbocycles. The number of ether oxygens (including phenoxy) is 4. The van der Waals surface area contributed by atoms with Crippen molar-refractivity contribution in [3.63, 3.8) is 0 Å². The summed E-state index contributed by atoms with van der Waals surface area (Å²) in [7, 11) is 4.58. The van der Waals surface area contributed by atoms with Gasteiger partial charge in [-0.05, 0) is 62.6 Å². The van der Waals surface area contributed by atoms with Crippen LogP contribution in [0.4, 0.5) is 11.4 Å². The van der Waals surface area contributed by atoms with E-state index in [-0.39, 0.29) is 26.6 Å². The summed E-state index contributed by atoms with van der Waals surface area (Å²) in [6.45, 7) is 7.09. The van der Waals surface area contributed by atoms with Crippen LogP contribution >= 0.6 is 23.2 Å². The van der Waals surface area contributed by atoms with E-state index >= 15 is 0 Å². The number of halogens is 2. The van der Waals surface area contributed by atoms with Gasteiger partial charge in [0.15, 0.2) is 0 Å². The Labute approximate surface area is 295 Å². The summed E-state index contributed by atoms with van der Waals surface area (Å²) >= 11 is 13.4. The Balaban J connectivity index is 1.49.